The van der Waals surface area contributed by atoms with Gasteiger partial charge in [0, 0.05) is 32.2 Å². The van der Waals surface area contributed by atoms with Crippen LogP contribution < -0.4 is 5.32 Å². The van der Waals surface area contributed by atoms with Crippen molar-refractivity contribution in [2.75, 3.05) is 26.2 Å². The third kappa shape index (κ3) is 5.86. The Labute approximate surface area is 136 Å². The van der Waals surface area contributed by atoms with Crippen molar-refractivity contribution < 1.29 is 26.3 Å². The third-order valence-corrected chi connectivity index (χ3v) is 3.64. The Balaban J connectivity index is 0.00000264. The lowest BCUT2D eigenvalue weighted by molar-refractivity contribution is -0.149. The summed E-state index contributed by atoms with van der Waals surface area (Å²) in [6.07, 6.45) is -9.94. The Kier molecular flexibility index (Phi) is 6.73. The minimum Gasteiger partial charge on any atom is -0.314 e. The van der Waals surface area contributed by atoms with Crippen LogP contribution in [0.2, 0.25) is 0 Å². The van der Waals surface area contributed by atoms with E-state index in [9.17, 15) is 26.3 Å². The predicted octanol–water partition coefficient (Wildman–Crippen LogP) is 4.03. The van der Waals surface area contributed by atoms with Gasteiger partial charge in [-0.2, -0.15) is 26.3 Å². The molecule has 0 radical (unpaired) electrons. The summed E-state index contributed by atoms with van der Waals surface area (Å²) in [5, 5.41) is 3.04. The molecule has 9 heteroatoms. The van der Waals surface area contributed by atoms with Gasteiger partial charge >= 0.3 is 12.4 Å². The molecule has 1 aliphatic rings. The highest BCUT2D eigenvalue weighted by Crippen LogP contribution is 2.35. The van der Waals surface area contributed by atoms with E-state index >= 15 is 0 Å². The quantitative estimate of drug-likeness (QED) is 0.817. The minimum absolute atomic E-state index is 0. The van der Waals surface area contributed by atoms with Crippen LogP contribution in [0.1, 0.15) is 23.6 Å². The molecule has 1 N–H and O–H groups in total. The molecule has 0 bridgehead atoms. The Hall–Kier alpha value is -0.990. The van der Waals surface area contributed by atoms with E-state index in [4.69, 9.17) is 0 Å². The number of alkyl halides is 6. The van der Waals surface area contributed by atoms with E-state index in [1.165, 1.54) is 0 Å². The van der Waals surface area contributed by atoms with E-state index in [2.05, 4.69) is 5.32 Å². The predicted molar refractivity (Wildman–Crippen MR) is 76.5 cm³/mol. The fourth-order valence-electron chi connectivity index (χ4n) is 2.57. The molecule has 0 saturated carbocycles. The summed E-state index contributed by atoms with van der Waals surface area (Å²) < 4.78 is 76.0. The van der Waals surface area contributed by atoms with Crippen LogP contribution >= 0.6 is 12.4 Å². The molecule has 132 valence electrons. The molecule has 0 aromatic heterocycles. The Morgan fingerprint density at radius 3 is 1.91 bits per heavy atom. The summed E-state index contributed by atoms with van der Waals surface area (Å²) in [5.41, 5.74) is -0.602. The fourth-order valence-corrected chi connectivity index (χ4v) is 2.57. The number of benzene rings is 1. The molecule has 1 heterocycles. The van der Waals surface area contributed by atoms with Crippen LogP contribution in [0.3, 0.4) is 0 Å². The Morgan fingerprint density at radius 1 is 0.957 bits per heavy atom. The number of halogens is 7. The summed E-state index contributed by atoms with van der Waals surface area (Å²) in [5.74, 6) is 0. The fraction of sp³-hybridized carbons (Fsp3) is 0.571. The lowest BCUT2D eigenvalue weighted by atomic mass is 9.99. The van der Waals surface area contributed by atoms with E-state index in [-0.39, 0.29) is 18.0 Å². The summed E-state index contributed by atoms with van der Waals surface area (Å²) in [6.45, 7) is 1.99. The zero-order chi connectivity index (χ0) is 16.4. The van der Waals surface area contributed by atoms with Crippen molar-refractivity contribution in [3.05, 3.63) is 35.4 Å². The standard InChI is InChI=1S/C14H16F6N2.ClH/c15-13(16,17)9-12(22-7-5-21-6-8-22)10-1-3-11(4-2-10)14(18,19)20;/h1-4,12,21H,5-9H2;1H/t12-;/m1./s1. The van der Waals surface area contributed by atoms with Gasteiger partial charge in [0.2, 0.25) is 0 Å². The van der Waals surface area contributed by atoms with Gasteiger partial charge in [0.1, 0.15) is 0 Å². The summed E-state index contributed by atoms with van der Waals surface area (Å²) in [4.78, 5) is 1.66. The monoisotopic (exact) mass is 362 g/mol. The molecule has 2 rings (SSSR count). The van der Waals surface area contributed by atoms with Crippen molar-refractivity contribution in [2.24, 2.45) is 0 Å². The number of hydrogen-bond donors (Lipinski definition) is 1. The summed E-state index contributed by atoms with van der Waals surface area (Å²) >= 11 is 0. The number of piperazine rings is 1. The zero-order valence-corrected chi connectivity index (χ0v) is 12.9. The summed E-state index contributed by atoms with van der Waals surface area (Å²) in [7, 11) is 0. The average Bonchev–Trinajstić information content (AvgIpc) is 2.44. The smallest absolute Gasteiger partial charge is 0.314 e. The normalized spacial score (nSPS) is 18.3. The molecule has 1 aliphatic heterocycles. The van der Waals surface area contributed by atoms with E-state index in [1.807, 2.05) is 0 Å². The van der Waals surface area contributed by atoms with Crippen LogP contribution in [-0.4, -0.2) is 37.3 Å². The minimum atomic E-state index is -4.49. The molecule has 1 aromatic carbocycles. The number of rotatable bonds is 3. The first kappa shape index (κ1) is 20.1. The van der Waals surface area contributed by atoms with Gasteiger partial charge in [-0.05, 0) is 17.7 Å². The maximum absolute atomic E-state index is 12.8. The van der Waals surface area contributed by atoms with Crippen LogP contribution in [0.25, 0.3) is 0 Å². The molecule has 1 fully saturated rings. The second-order valence-electron chi connectivity index (χ2n) is 5.24. The van der Waals surface area contributed by atoms with Gasteiger partial charge in [0.25, 0.3) is 0 Å². The Morgan fingerprint density at radius 2 is 1.48 bits per heavy atom. The molecule has 1 saturated heterocycles. The van der Waals surface area contributed by atoms with Gasteiger partial charge < -0.3 is 5.32 Å². The molecular weight excluding hydrogens is 346 g/mol. The molecule has 0 amide bonds. The van der Waals surface area contributed by atoms with Crippen LogP contribution in [-0.2, 0) is 6.18 Å². The first-order chi connectivity index (χ1) is 10.2. The number of nitrogens with zero attached hydrogens (tertiary/aromatic N) is 1. The van der Waals surface area contributed by atoms with Gasteiger partial charge in [-0.15, -0.1) is 12.4 Å². The van der Waals surface area contributed by atoms with Crippen molar-refractivity contribution in [1.29, 1.82) is 0 Å². The molecule has 0 aliphatic carbocycles. The molecule has 23 heavy (non-hydrogen) atoms. The highest BCUT2D eigenvalue weighted by molar-refractivity contribution is 5.85. The van der Waals surface area contributed by atoms with E-state index < -0.39 is 30.4 Å². The number of hydrogen-bond acceptors (Lipinski definition) is 2. The molecular formula is C14H17ClF6N2. The second kappa shape index (κ2) is 7.72. The van der Waals surface area contributed by atoms with Gasteiger partial charge in [-0.25, -0.2) is 0 Å². The second-order valence-corrected chi connectivity index (χ2v) is 5.24. The third-order valence-electron chi connectivity index (χ3n) is 3.64. The molecule has 1 atom stereocenters. The molecule has 1 aromatic rings. The van der Waals surface area contributed by atoms with Crippen LogP contribution in [0.4, 0.5) is 26.3 Å². The van der Waals surface area contributed by atoms with Crippen molar-refractivity contribution in [1.82, 2.24) is 10.2 Å². The molecule has 2 nitrogen and oxygen atoms in total. The lowest BCUT2D eigenvalue weighted by Gasteiger charge is -2.35. The van der Waals surface area contributed by atoms with E-state index in [0.29, 0.717) is 26.2 Å². The lowest BCUT2D eigenvalue weighted by Crippen LogP contribution is -2.46. The summed E-state index contributed by atoms with van der Waals surface area (Å²) in [6, 6.07) is 2.99. The van der Waals surface area contributed by atoms with E-state index in [1.54, 1.807) is 4.90 Å². The zero-order valence-electron chi connectivity index (χ0n) is 12.0. The van der Waals surface area contributed by atoms with Crippen molar-refractivity contribution in [3.8, 4) is 0 Å². The van der Waals surface area contributed by atoms with Gasteiger partial charge in [0.15, 0.2) is 0 Å². The highest BCUT2D eigenvalue weighted by Gasteiger charge is 2.36. The molecule has 0 spiro atoms. The van der Waals surface area contributed by atoms with E-state index in [0.717, 1.165) is 24.3 Å². The van der Waals surface area contributed by atoms with Crippen LogP contribution in [0.15, 0.2) is 24.3 Å². The number of nitrogens with one attached hydrogen (secondary N) is 1. The SMILES string of the molecule is Cl.FC(F)(F)C[C@H](c1ccc(C(F)(F)F)cc1)N1CCNCC1. The van der Waals surface area contributed by atoms with Gasteiger partial charge in [-0.1, -0.05) is 12.1 Å². The van der Waals surface area contributed by atoms with Crippen molar-refractivity contribution in [3.63, 3.8) is 0 Å². The largest absolute Gasteiger partial charge is 0.416 e. The van der Waals surface area contributed by atoms with Crippen LogP contribution in [0, 0.1) is 0 Å². The van der Waals surface area contributed by atoms with Crippen LogP contribution in [0.5, 0.6) is 0 Å². The topological polar surface area (TPSA) is 15.3 Å². The maximum atomic E-state index is 12.8. The first-order valence-corrected chi connectivity index (χ1v) is 6.85. The first-order valence-electron chi connectivity index (χ1n) is 6.85. The molecule has 0 unspecified atom stereocenters. The van der Waals surface area contributed by atoms with Gasteiger partial charge in [0.05, 0.1) is 12.0 Å². The Bertz CT molecular complexity index is 480. The van der Waals surface area contributed by atoms with Gasteiger partial charge in [-0.3, -0.25) is 4.90 Å². The average molecular weight is 363 g/mol. The van der Waals surface area contributed by atoms with Crippen molar-refractivity contribution >= 4 is 12.4 Å². The highest BCUT2D eigenvalue weighted by atomic mass is 35.5. The maximum Gasteiger partial charge on any atom is 0.416 e. The van der Waals surface area contributed by atoms with Crippen molar-refractivity contribution in [2.45, 2.75) is 24.8 Å².